The Bertz CT molecular complexity index is 690. The molecule has 0 atom stereocenters. The number of hydrogen-bond donors (Lipinski definition) is 1. The van der Waals surface area contributed by atoms with E-state index >= 15 is 0 Å². The zero-order chi connectivity index (χ0) is 14.7. The Morgan fingerprint density at radius 2 is 2.00 bits per heavy atom. The Hall–Kier alpha value is -1.95. The Kier molecular flexibility index (Phi) is 4.34. The molecule has 0 aliphatic carbocycles. The Labute approximate surface area is 121 Å². The second-order valence-corrected chi connectivity index (χ2v) is 5.05. The summed E-state index contributed by atoms with van der Waals surface area (Å²) in [7, 11) is 0. The molecule has 0 spiro atoms. The third kappa shape index (κ3) is 3.14. The summed E-state index contributed by atoms with van der Waals surface area (Å²) in [5.41, 5.74) is 6.53. The smallest absolute Gasteiger partial charge is 0.328 e. The molecule has 2 rings (SSSR count). The van der Waals surface area contributed by atoms with Crippen molar-refractivity contribution < 1.29 is 4.39 Å². The van der Waals surface area contributed by atoms with Gasteiger partial charge in [0.2, 0.25) is 0 Å². The van der Waals surface area contributed by atoms with Gasteiger partial charge in [-0.05, 0) is 30.2 Å². The average Bonchev–Trinajstić information content (AvgIpc) is 2.71. The van der Waals surface area contributed by atoms with E-state index in [0.717, 1.165) is 6.42 Å². The minimum absolute atomic E-state index is 0.104. The third-order valence-corrected chi connectivity index (χ3v) is 3.21. The summed E-state index contributed by atoms with van der Waals surface area (Å²) in [6.07, 6.45) is 4.32. The van der Waals surface area contributed by atoms with Crippen LogP contribution in [-0.4, -0.2) is 14.1 Å². The van der Waals surface area contributed by atoms with Crippen molar-refractivity contribution in [1.29, 1.82) is 0 Å². The van der Waals surface area contributed by atoms with E-state index in [1.54, 1.807) is 23.0 Å². The predicted octanol–water partition coefficient (Wildman–Crippen LogP) is 1.88. The van der Waals surface area contributed by atoms with Crippen LogP contribution in [0.3, 0.4) is 0 Å². The summed E-state index contributed by atoms with van der Waals surface area (Å²) < 4.78 is 16.7. The van der Waals surface area contributed by atoms with Crippen LogP contribution in [0.1, 0.15) is 24.5 Å². The molecule has 1 heterocycles. The Balaban J connectivity index is 2.30. The van der Waals surface area contributed by atoms with Gasteiger partial charge in [-0.3, -0.25) is 9.13 Å². The molecule has 0 radical (unpaired) electrons. The van der Waals surface area contributed by atoms with E-state index in [-0.39, 0.29) is 10.7 Å². The summed E-state index contributed by atoms with van der Waals surface area (Å²) in [6, 6.07) is 4.37. The zero-order valence-electron chi connectivity index (χ0n) is 11.2. The highest BCUT2D eigenvalue weighted by Gasteiger charge is 2.07. The van der Waals surface area contributed by atoms with E-state index in [1.165, 1.54) is 16.7 Å². The highest BCUT2D eigenvalue weighted by Crippen LogP contribution is 2.10. The van der Waals surface area contributed by atoms with Crippen LogP contribution >= 0.6 is 12.2 Å². The van der Waals surface area contributed by atoms with Gasteiger partial charge in [-0.1, -0.05) is 19.1 Å². The monoisotopic (exact) mass is 293 g/mol. The lowest BCUT2D eigenvalue weighted by Gasteiger charge is -2.06. The number of halogens is 1. The van der Waals surface area contributed by atoms with Crippen LogP contribution in [0, 0.1) is 5.82 Å². The maximum atomic E-state index is 13.5. The molecule has 0 saturated carbocycles. The fourth-order valence-corrected chi connectivity index (χ4v) is 2.18. The SMILES string of the molecule is CCCn1ccn(Cc2cc(F)cc(C(N)=S)c2)c1=O. The zero-order valence-corrected chi connectivity index (χ0v) is 12.0. The quantitative estimate of drug-likeness (QED) is 0.856. The van der Waals surface area contributed by atoms with Crippen LogP contribution in [0.2, 0.25) is 0 Å². The highest BCUT2D eigenvalue weighted by molar-refractivity contribution is 7.80. The summed E-state index contributed by atoms with van der Waals surface area (Å²) in [5, 5.41) is 0. The van der Waals surface area contributed by atoms with E-state index in [9.17, 15) is 9.18 Å². The van der Waals surface area contributed by atoms with Crippen molar-refractivity contribution in [2.45, 2.75) is 26.4 Å². The molecular weight excluding hydrogens is 277 g/mol. The van der Waals surface area contributed by atoms with Crippen molar-refractivity contribution in [2.75, 3.05) is 0 Å². The fraction of sp³-hybridized carbons (Fsp3) is 0.286. The van der Waals surface area contributed by atoms with Crippen LogP contribution in [0.4, 0.5) is 4.39 Å². The van der Waals surface area contributed by atoms with Crippen LogP contribution in [0.15, 0.2) is 35.4 Å². The van der Waals surface area contributed by atoms with E-state index in [2.05, 4.69) is 0 Å². The van der Waals surface area contributed by atoms with Gasteiger partial charge >= 0.3 is 5.69 Å². The third-order valence-electron chi connectivity index (χ3n) is 2.98. The maximum Gasteiger partial charge on any atom is 0.328 e. The molecule has 0 aliphatic rings. The van der Waals surface area contributed by atoms with Gasteiger partial charge in [0.25, 0.3) is 0 Å². The van der Waals surface area contributed by atoms with Gasteiger partial charge in [-0.15, -0.1) is 0 Å². The number of aromatic nitrogens is 2. The largest absolute Gasteiger partial charge is 0.389 e. The standard InChI is InChI=1S/C14H16FN3OS/c1-2-3-17-4-5-18(14(17)19)9-10-6-11(13(16)20)8-12(15)7-10/h4-8H,2-3,9H2,1H3,(H2,16,20). The van der Waals surface area contributed by atoms with Crippen LogP contribution < -0.4 is 11.4 Å². The minimum atomic E-state index is -0.411. The molecule has 0 unspecified atom stereocenters. The van der Waals surface area contributed by atoms with Crippen molar-refractivity contribution >= 4 is 17.2 Å². The lowest BCUT2D eigenvalue weighted by Crippen LogP contribution is -2.24. The molecule has 0 bridgehead atoms. The molecule has 1 aromatic carbocycles. The molecule has 0 fully saturated rings. The number of nitrogens with two attached hydrogens (primary N) is 1. The molecule has 1 aromatic heterocycles. The van der Waals surface area contributed by atoms with Crippen molar-refractivity contribution in [3.05, 3.63) is 58.0 Å². The van der Waals surface area contributed by atoms with Crippen LogP contribution in [0.5, 0.6) is 0 Å². The molecule has 2 aromatic rings. The normalized spacial score (nSPS) is 10.7. The number of rotatable bonds is 5. The first kappa shape index (κ1) is 14.5. The molecule has 6 heteroatoms. The first-order valence-electron chi connectivity index (χ1n) is 6.36. The molecular formula is C14H16FN3OS. The number of benzene rings is 1. The molecule has 4 nitrogen and oxygen atoms in total. The first-order chi connectivity index (χ1) is 9.51. The summed E-state index contributed by atoms with van der Waals surface area (Å²) in [6.45, 7) is 2.97. The number of thiocarbonyl (C=S) groups is 1. The van der Waals surface area contributed by atoms with Crippen molar-refractivity contribution in [3.8, 4) is 0 Å². The van der Waals surface area contributed by atoms with E-state index < -0.39 is 5.82 Å². The molecule has 20 heavy (non-hydrogen) atoms. The number of nitrogens with zero attached hydrogens (tertiary/aromatic N) is 2. The van der Waals surface area contributed by atoms with Crippen molar-refractivity contribution in [3.63, 3.8) is 0 Å². The van der Waals surface area contributed by atoms with Gasteiger partial charge in [0.05, 0.1) is 6.54 Å². The van der Waals surface area contributed by atoms with Crippen LogP contribution in [0.25, 0.3) is 0 Å². The van der Waals surface area contributed by atoms with Crippen molar-refractivity contribution in [1.82, 2.24) is 9.13 Å². The average molecular weight is 293 g/mol. The first-order valence-corrected chi connectivity index (χ1v) is 6.77. The molecule has 0 saturated heterocycles. The number of aryl methyl sites for hydroxylation is 1. The summed E-state index contributed by atoms with van der Waals surface area (Å²) in [5.74, 6) is -0.411. The Morgan fingerprint density at radius 1 is 1.30 bits per heavy atom. The summed E-state index contributed by atoms with van der Waals surface area (Å²) >= 11 is 4.85. The molecule has 106 valence electrons. The number of imidazole rings is 1. The summed E-state index contributed by atoms with van der Waals surface area (Å²) in [4.78, 5) is 12.2. The predicted molar refractivity (Wildman–Crippen MR) is 80.4 cm³/mol. The second kappa shape index (κ2) is 6.00. The Morgan fingerprint density at radius 3 is 2.65 bits per heavy atom. The number of hydrogen-bond acceptors (Lipinski definition) is 2. The fourth-order valence-electron chi connectivity index (χ4n) is 2.07. The van der Waals surface area contributed by atoms with Gasteiger partial charge in [0.15, 0.2) is 0 Å². The van der Waals surface area contributed by atoms with Gasteiger partial charge in [0.1, 0.15) is 10.8 Å². The lowest BCUT2D eigenvalue weighted by atomic mass is 10.1. The van der Waals surface area contributed by atoms with E-state index in [4.69, 9.17) is 18.0 Å². The highest BCUT2D eigenvalue weighted by atomic mass is 32.1. The minimum Gasteiger partial charge on any atom is -0.389 e. The molecule has 0 aliphatic heterocycles. The second-order valence-electron chi connectivity index (χ2n) is 4.61. The van der Waals surface area contributed by atoms with Crippen LogP contribution in [-0.2, 0) is 13.1 Å². The van der Waals surface area contributed by atoms with E-state index in [0.29, 0.717) is 24.2 Å². The maximum absolute atomic E-state index is 13.5. The molecule has 0 amide bonds. The van der Waals surface area contributed by atoms with Crippen molar-refractivity contribution in [2.24, 2.45) is 5.73 Å². The van der Waals surface area contributed by atoms with Gasteiger partial charge in [-0.2, -0.15) is 0 Å². The van der Waals surface area contributed by atoms with Gasteiger partial charge < -0.3 is 5.73 Å². The molecule has 2 N–H and O–H groups in total. The van der Waals surface area contributed by atoms with Gasteiger partial charge in [-0.25, -0.2) is 9.18 Å². The van der Waals surface area contributed by atoms with Gasteiger partial charge in [0, 0.05) is 24.5 Å². The lowest BCUT2D eigenvalue weighted by molar-refractivity contribution is 0.613. The topological polar surface area (TPSA) is 52.9 Å². The van der Waals surface area contributed by atoms with E-state index in [1.807, 2.05) is 6.92 Å².